The SMILES string of the molecule is CCOc1ccc(NS(=O)(=O)c2c(C)cc(C)cc2C)cc1OC. The number of sulfonamides is 1. The first-order valence-electron chi connectivity index (χ1n) is 7.70. The molecule has 5 nitrogen and oxygen atoms in total. The molecule has 130 valence electrons. The highest BCUT2D eigenvalue weighted by molar-refractivity contribution is 7.92. The molecule has 2 aromatic carbocycles. The van der Waals surface area contributed by atoms with Crippen molar-refractivity contribution in [3.8, 4) is 11.5 Å². The smallest absolute Gasteiger partial charge is 0.262 e. The molecule has 0 radical (unpaired) electrons. The minimum Gasteiger partial charge on any atom is -0.493 e. The zero-order chi connectivity index (χ0) is 17.9. The van der Waals surface area contributed by atoms with Gasteiger partial charge in [0.2, 0.25) is 0 Å². The third-order valence-corrected chi connectivity index (χ3v) is 5.27. The van der Waals surface area contributed by atoms with Crippen molar-refractivity contribution >= 4 is 15.7 Å². The van der Waals surface area contributed by atoms with Gasteiger partial charge in [0, 0.05) is 6.07 Å². The van der Waals surface area contributed by atoms with Gasteiger partial charge in [-0.3, -0.25) is 4.72 Å². The number of anilines is 1. The van der Waals surface area contributed by atoms with Crippen molar-refractivity contribution in [3.63, 3.8) is 0 Å². The van der Waals surface area contributed by atoms with Crippen molar-refractivity contribution in [2.45, 2.75) is 32.6 Å². The first kappa shape index (κ1) is 18.1. The van der Waals surface area contributed by atoms with Crippen LogP contribution in [0.2, 0.25) is 0 Å². The van der Waals surface area contributed by atoms with Crippen LogP contribution in [0.25, 0.3) is 0 Å². The van der Waals surface area contributed by atoms with Crippen LogP contribution in [0.15, 0.2) is 35.2 Å². The van der Waals surface area contributed by atoms with Gasteiger partial charge in [0.25, 0.3) is 10.0 Å². The Bertz CT molecular complexity index is 821. The fourth-order valence-electron chi connectivity index (χ4n) is 2.80. The lowest BCUT2D eigenvalue weighted by atomic mass is 10.1. The molecule has 0 saturated heterocycles. The number of nitrogens with one attached hydrogen (secondary N) is 1. The molecule has 6 heteroatoms. The van der Waals surface area contributed by atoms with E-state index < -0.39 is 10.0 Å². The molecule has 0 aliphatic rings. The van der Waals surface area contributed by atoms with E-state index in [1.54, 1.807) is 32.0 Å². The van der Waals surface area contributed by atoms with Gasteiger partial charge in [-0.1, -0.05) is 17.7 Å². The molecule has 0 aliphatic heterocycles. The Labute approximate surface area is 143 Å². The second kappa shape index (κ2) is 7.13. The third kappa shape index (κ3) is 3.82. The maximum atomic E-state index is 12.8. The number of aryl methyl sites for hydroxylation is 3. The van der Waals surface area contributed by atoms with Gasteiger partial charge in [-0.05, 0) is 51.0 Å². The van der Waals surface area contributed by atoms with E-state index in [1.165, 1.54) is 7.11 Å². The Hall–Kier alpha value is -2.21. The average molecular weight is 349 g/mol. The molecule has 2 aromatic rings. The van der Waals surface area contributed by atoms with Crippen LogP contribution < -0.4 is 14.2 Å². The van der Waals surface area contributed by atoms with Crippen LogP contribution in [-0.4, -0.2) is 22.1 Å². The van der Waals surface area contributed by atoms with Crippen LogP contribution in [0.1, 0.15) is 23.6 Å². The van der Waals surface area contributed by atoms with E-state index in [-0.39, 0.29) is 0 Å². The molecule has 0 saturated carbocycles. The summed E-state index contributed by atoms with van der Waals surface area (Å²) in [5, 5.41) is 0. The molecule has 0 atom stereocenters. The maximum Gasteiger partial charge on any atom is 0.262 e. The second-order valence-corrected chi connectivity index (χ2v) is 7.25. The number of methoxy groups -OCH3 is 1. The minimum atomic E-state index is -3.69. The molecule has 0 fully saturated rings. The summed E-state index contributed by atoms with van der Waals surface area (Å²) in [6.07, 6.45) is 0. The highest BCUT2D eigenvalue weighted by atomic mass is 32.2. The standard InChI is InChI=1S/C18H23NO4S/c1-6-23-16-8-7-15(11-17(16)22-5)19-24(20,21)18-13(3)9-12(2)10-14(18)4/h7-11,19H,6H2,1-5H3. The predicted octanol–water partition coefficient (Wildman–Crippen LogP) is 3.82. The second-order valence-electron chi connectivity index (χ2n) is 5.63. The van der Waals surface area contributed by atoms with Crippen LogP contribution >= 0.6 is 0 Å². The third-order valence-electron chi connectivity index (χ3n) is 3.59. The van der Waals surface area contributed by atoms with Crippen LogP contribution in [0.3, 0.4) is 0 Å². The van der Waals surface area contributed by atoms with Crippen molar-refractivity contribution in [3.05, 3.63) is 47.0 Å². The summed E-state index contributed by atoms with van der Waals surface area (Å²) < 4.78 is 38.9. The highest BCUT2D eigenvalue weighted by Gasteiger charge is 2.20. The Kier molecular flexibility index (Phi) is 5.39. The number of hydrogen-bond acceptors (Lipinski definition) is 4. The maximum absolute atomic E-state index is 12.8. The molecule has 2 rings (SSSR count). The van der Waals surface area contributed by atoms with Crippen LogP contribution in [-0.2, 0) is 10.0 Å². The quantitative estimate of drug-likeness (QED) is 0.861. The summed E-state index contributed by atoms with van der Waals surface area (Å²) in [4.78, 5) is 0.306. The topological polar surface area (TPSA) is 64.6 Å². The largest absolute Gasteiger partial charge is 0.493 e. The van der Waals surface area contributed by atoms with Gasteiger partial charge in [-0.25, -0.2) is 8.42 Å². The van der Waals surface area contributed by atoms with Gasteiger partial charge in [-0.2, -0.15) is 0 Å². The Morgan fingerprint density at radius 2 is 1.62 bits per heavy atom. The van der Waals surface area contributed by atoms with E-state index >= 15 is 0 Å². The van der Waals surface area contributed by atoms with E-state index in [1.807, 2.05) is 26.0 Å². The van der Waals surface area contributed by atoms with Crippen LogP contribution in [0.5, 0.6) is 11.5 Å². The predicted molar refractivity (Wildman–Crippen MR) is 95.6 cm³/mol. The fraction of sp³-hybridized carbons (Fsp3) is 0.333. The Morgan fingerprint density at radius 3 is 2.17 bits per heavy atom. The van der Waals surface area contributed by atoms with Crippen molar-refractivity contribution in [2.75, 3.05) is 18.4 Å². The van der Waals surface area contributed by atoms with Crippen molar-refractivity contribution in [1.29, 1.82) is 0 Å². The molecular formula is C18H23NO4S. The van der Waals surface area contributed by atoms with E-state index in [0.29, 0.717) is 28.7 Å². The van der Waals surface area contributed by atoms with Gasteiger partial charge in [0.05, 0.1) is 24.3 Å². The van der Waals surface area contributed by atoms with Crippen LogP contribution in [0, 0.1) is 20.8 Å². The molecule has 0 bridgehead atoms. The lowest BCUT2D eigenvalue weighted by molar-refractivity contribution is 0.311. The highest BCUT2D eigenvalue weighted by Crippen LogP contribution is 2.32. The zero-order valence-electron chi connectivity index (χ0n) is 14.6. The summed E-state index contributed by atoms with van der Waals surface area (Å²) in [5.41, 5.74) is 2.90. The monoisotopic (exact) mass is 349 g/mol. The molecule has 0 aliphatic carbocycles. The molecule has 0 aromatic heterocycles. The lowest BCUT2D eigenvalue weighted by Crippen LogP contribution is -2.16. The average Bonchev–Trinajstić information content (AvgIpc) is 2.47. The van der Waals surface area contributed by atoms with E-state index in [0.717, 1.165) is 16.7 Å². The summed E-state index contributed by atoms with van der Waals surface area (Å²) in [7, 11) is -2.17. The number of benzene rings is 2. The van der Waals surface area contributed by atoms with Crippen LogP contribution in [0.4, 0.5) is 5.69 Å². The number of ether oxygens (including phenoxy) is 2. The molecule has 0 unspecified atom stereocenters. The van der Waals surface area contributed by atoms with E-state index in [9.17, 15) is 8.42 Å². The number of rotatable bonds is 6. The number of hydrogen-bond donors (Lipinski definition) is 1. The zero-order valence-corrected chi connectivity index (χ0v) is 15.5. The summed E-state index contributed by atoms with van der Waals surface area (Å²) in [5.74, 6) is 1.06. The molecular weight excluding hydrogens is 326 g/mol. The van der Waals surface area contributed by atoms with Gasteiger partial charge in [-0.15, -0.1) is 0 Å². The summed E-state index contributed by atoms with van der Waals surface area (Å²) in [6, 6.07) is 8.68. The molecule has 0 heterocycles. The van der Waals surface area contributed by atoms with Gasteiger partial charge in [0.1, 0.15) is 0 Å². The fourth-order valence-corrected chi connectivity index (χ4v) is 4.31. The first-order chi connectivity index (χ1) is 11.3. The van der Waals surface area contributed by atoms with E-state index in [4.69, 9.17) is 9.47 Å². The lowest BCUT2D eigenvalue weighted by Gasteiger charge is -2.15. The van der Waals surface area contributed by atoms with Crippen molar-refractivity contribution in [1.82, 2.24) is 0 Å². The van der Waals surface area contributed by atoms with Crippen molar-refractivity contribution in [2.24, 2.45) is 0 Å². The summed E-state index contributed by atoms with van der Waals surface area (Å²) >= 11 is 0. The van der Waals surface area contributed by atoms with Gasteiger partial charge < -0.3 is 9.47 Å². The molecule has 1 N–H and O–H groups in total. The van der Waals surface area contributed by atoms with E-state index in [2.05, 4.69) is 4.72 Å². The minimum absolute atomic E-state index is 0.306. The molecule has 24 heavy (non-hydrogen) atoms. The molecule has 0 spiro atoms. The molecule has 0 amide bonds. The Balaban J connectivity index is 2.40. The Morgan fingerprint density at radius 1 is 1.00 bits per heavy atom. The first-order valence-corrected chi connectivity index (χ1v) is 9.18. The van der Waals surface area contributed by atoms with Crippen molar-refractivity contribution < 1.29 is 17.9 Å². The van der Waals surface area contributed by atoms with Gasteiger partial charge in [0.15, 0.2) is 11.5 Å². The van der Waals surface area contributed by atoms with Gasteiger partial charge >= 0.3 is 0 Å². The normalized spacial score (nSPS) is 11.2. The summed E-state index contributed by atoms with van der Waals surface area (Å²) in [6.45, 7) is 7.92.